The fourth-order valence-electron chi connectivity index (χ4n) is 1.63. The van der Waals surface area contributed by atoms with E-state index in [9.17, 15) is 14.4 Å². The molecule has 0 fully saturated rings. The predicted octanol–water partition coefficient (Wildman–Crippen LogP) is 1.98. The topological polar surface area (TPSA) is 123 Å². The second-order valence-electron chi connectivity index (χ2n) is 4.07. The Bertz CT molecular complexity index is 618. The maximum atomic E-state index is 11.7. The first-order valence-corrected chi connectivity index (χ1v) is 5.89. The van der Waals surface area contributed by atoms with Gasteiger partial charge >= 0.3 is 0 Å². The van der Waals surface area contributed by atoms with Crippen molar-refractivity contribution in [3.8, 4) is 18.2 Å². The van der Waals surface area contributed by atoms with Gasteiger partial charge in [0.2, 0.25) is 0 Å². The molecule has 6 nitrogen and oxygen atoms in total. The number of nitrogens with zero attached hydrogens (tertiary/aromatic N) is 3. The molecule has 0 heterocycles. The van der Waals surface area contributed by atoms with E-state index >= 15 is 0 Å². The van der Waals surface area contributed by atoms with E-state index in [1.54, 1.807) is 18.2 Å². The molecule has 0 aliphatic carbocycles. The van der Waals surface area contributed by atoms with Crippen LogP contribution in [0.4, 0.5) is 0 Å². The van der Waals surface area contributed by atoms with Crippen molar-refractivity contribution < 1.29 is 14.4 Å². The monoisotopic (exact) mass is 279 g/mol. The molecule has 0 saturated carbocycles. The van der Waals surface area contributed by atoms with Crippen molar-refractivity contribution in [2.24, 2.45) is 0 Å². The molecular formula is C15H9N3O3. The Morgan fingerprint density at radius 3 is 1.10 bits per heavy atom. The number of hydrogen-bond donors (Lipinski definition) is 0. The molecule has 0 bridgehead atoms. The third-order valence-electron chi connectivity index (χ3n) is 2.62. The molecule has 0 saturated heterocycles. The van der Waals surface area contributed by atoms with Crippen LogP contribution in [0, 0.1) is 34.0 Å². The van der Waals surface area contributed by atoms with Gasteiger partial charge in [-0.15, -0.1) is 0 Å². The van der Waals surface area contributed by atoms with Gasteiger partial charge in [0, 0.05) is 16.7 Å². The summed E-state index contributed by atoms with van der Waals surface area (Å²) in [7, 11) is 0. The molecule has 6 heteroatoms. The Labute approximate surface area is 120 Å². The number of ketones is 3. The molecule has 102 valence electrons. The van der Waals surface area contributed by atoms with Gasteiger partial charge in [0.25, 0.3) is 0 Å². The van der Waals surface area contributed by atoms with Gasteiger partial charge in [-0.3, -0.25) is 14.4 Å². The second-order valence-corrected chi connectivity index (χ2v) is 4.07. The maximum Gasteiger partial charge on any atom is 0.176 e. The molecule has 0 amide bonds. The smallest absolute Gasteiger partial charge is 0.176 e. The van der Waals surface area contributed by atoms with Crippen molar-refractivity contribution in [3.05, 3.63) is 34.9 Å². The average molecular weight is 279 g/mol. The number of rotatable bonds is 6. The van der Waals surface area contributed by atoms with Crippen LogP contribution in [0.2, 0.25) is 0 Å². The van der Waals surface area contributed by atoms with Crippen molar-refractivity contribution in [3.63, 3.8) is 0 Å². The number of Topliss-reactive ketones (excluding diaryl/α,β-unsaturated/α-hetero) is 3. The fourth-order valence-corrected chi connectivity index (χ4v) is 1.63. The zero-order valence-corrected chi connectivity index (χ0v) is 10.9. The molecule has 0 unspecified atom stereocenters. The summed E-state index contributed by atoms with van der Waals surface area (Å²) in [5.41, 5.74) is 0.130. The Morgan fingerprint density at radius 1 is 0.667 bits per heavy atom. The van der Waals surface area contributed by atoms with Crippen LogP contribution >= 0.6 is 0 Å². The highest BCUT2D eigenvalue weighted by Crippen LogP contribution is 2.15. The quantitative estimate of drug-likeness (QED) is 0.733. The summed E-state index contributed by atoms with van der Waals surface area (Å²) in [6.45, 7) is 0. The standard InChI is InChI=1S/C15H9N3O3/c16-4-1-13(19)10-7-11(14(20)2-5-17)9-12(8-10)15(21)3-6-18/h7-9H,1-3H2. The lowest BCUT2D eigenvalue weighted by Gasteiger charge is -2.05. The fraction of sp³-hybridized carbons (Fsp3) is 0.200. The van der Waals surface area contributed by atoms with E-state index in [4.69, 9.17) is 15.8 Å². The van der Waals surface area contributed by atoms with Gasteiger partial charge in [0.15, 0.2) is 17.3 Å². The van der Waals surface area contributed by atoms with Gasteiger partial charge in [0.05, 0.1) is 37.5 Å². The van der Waals surface area contributed by atoms with Crippen molar-refractivity contribution in [2.75, 3.05) is 0 Å². The molecule has 0 N–H and O–H groups in total. The minimum Gasteiger partial charge on any atom is -0.293 e. The zero-order chi connectivity index (χ0) is 15.8. The van der Waals surface area contributed by atoms with Crippen molar-refractivity contribution in [1.82, 2.24) is 0 Å². The zero-order valence-electron chi connectivity index (χ0n) is 10.9. The Kier molecular flexibility index (Phi) is 5.50. The van der Waals surface area contributed by atoms with Crippen LogP contribution in [0.1, 0.15) is 50.3 Å². The van der Waals surface area contributed by atoms with Gasteiger partial charge < -0.3 is 0 Å². The van der Waals surface area contributed by atoms with E-state index in [1.165, 1.54) is 18.2 Å². The van der Waals surface area contributed by atoms with Gasteiger partial charge in [-0.1, -0.05) is 0 Å². The van der Waals surface area contributed by atoms with Crippen LogP contribution in [0.15, 0.2) is 18.2 Å². The highest BCUT2D eigenvalue weighted by atomic mass is 16.1. The van der Waals surface area contributed by atoms with Gasteiger partial charge in [0.1, 0.15) is 0 Å². The van der Waals surface area contributed by atoms with E-state index in [0.717, 1.165) is 0 Å². The summed E-state index contributed by atoms with van der Waals surface area (Å²) < 4.78 is 0. The molecular weight excluding hydrogens is 270 g/mol. The summed E-state index contributed by atoms with van der Waals surface area (Å²) in [6.07, 6.45) is -1.16. The molecule has 0 spiro atoms. The van der Waals surface area contributed by atoms with E-state index in [0.29, 0.717) is 0 Å². The number of carbonyl (C=O) groups excluding carboxylic acids is 3. The molecule has 1 rings (SSSR count). The first-order chi connectivity index (χ1) is 10.0. The normalized spacial score (nSPS) is 9.00. The van der Waals surface area contributed by atoms with E-state index < -0.39 is 17.3 Å². The van der Waals surface area contributed by atoms with Gasteiger partial charge in [-0.25, -0.2) is 0 Å². The summed E-state index contributed by atoms with van der Waals surface area (Å²) >= 11 is 0. The molecule has 0 atom stereocenters. The third kappa shape index (κ3) is 4.09. The maximum absolute atomic E-state index is 11.7. The second kappa shape index (κ2) is 7.33. The molecule has 0 aromatic heterocycles. The Morgan fingerprint density at radius 2 is 0.905 bits per heavy atom. The van der Waals surface area contributed by atoms with Crippen molar-refractivity contribution in [1.29, 1.82) is 15.8 Å². The van der Waals surface area contributed by atoms with Crippen molar-refractivity contribution >= 4 is 17.3 Å². The van der Waals surface area contributed by atoms with E-state index in [2.05, 4.69) is 0 Å². The minimum absolute atomic E-state index is 0.0432. The molecule has 0 aliphatic heterocycles. The lowest BCUT2D eigenvalue weighted by atomic mass is 9.96. The predicted molar refractivity (Wildman–Crippen MR) is 70.1 cm³/mol. The van der Waals surface area contributed by atoms with Crippen LogP contribution in [0.3, 0.4) is 0 Å². The lowest BCUT2D eigenvalue weighted by Crippen LogP contribution is -2.08. The van der Waals surface area contributed by atoms with Crippen LogP contribution in [-0.2, 0) is 0 Å². The highest BCUT2D eigenvalue weighted by Gasteiger charge is 2.16. The summed E-state index contributed by atoms with van der Waals surface area (Å²) in [5.74, 6) is -1.60. The lowest BCUT2D eigenvalue weighted by molar-refractivity contribution is 0.0996. The SMILES string of the molecule is N#CCC(=O)c1cc(C(=O)CC#N)cc(C(=O)CC#N)c1. The van der Waals surface area contributed by atoms with Crippen LogP contribution < -0.4 is 0 Å². The van der Waals surface area contributed by atoms with Crippen LogP contribution in [-0.4, -0.2) is 17.3 Å². The number of nitriles is 3. The number of benzene rings is 1. The molecule has 0 aliphatic rings. The molecule has 1 aromatic carbocycles. The van der Waals surface area contributed by atoms with E-state index in [-0.39, 0.29) is 36.0 Å². The summed E-state index contributed by atoms with van der Waals surface area (Å²) in [4.78, 5) is 35.2. The van der Waals surface area contributed by atoms with Gasteiger partial charge in [-0.05, 0) is 18.2 Å². The first kappa shape index (κ1) is 15.8. The molecule has 0 radical (unpaired) electrons. The summed E-state index contributed by atoms with van der Waals surface area (Å²) in [5, 5.41) is 25.6. The number of hydrogen-bond acceptors (Lipinski definition) is 6. The largest absolute Gasteiger partial charge is 0.293 e. The Hall–Kier alpha value is -3.30. The van der Waals surface area contributed by atoms with E-state index in [1.807, 2.05) is 0 Å². The molecule has 1 aromatic rings. The van der Waals surface area contributed by atoms with Gasteiger partial charge in [-0.2, -0.15) is 15.8 Å². The molecule has 21 heavy (non-hydrogen) atoms. The van der Waals surface area contributed by atoms with Crippen LogP contribution in [0.5, 0.6) is 0 Å². The highest BCUT2D eigenvalue weighted by molar-refractivity contribution is 6.07. The minimum atomic E-state index is -0.532. The number of carbonyl (C=O) groups is 3. The average Bonchev–Trinajstić information content (AvgIpc) is 2.47. The first-order valence-electron chi connectivity index (χ1n) is 5.89. The summed E-state index contributed by atoms with van der Waals surface area (Å²) in [6, 6.07) is 8.83. The third-order valence-corrected chi connectivity index (χ3v) is 2.62. The van der Waals surface area contributed by atoms with Crippen LogP contribution in [0.25, 0.3) is 0 Å². The Balaban J connectivity index is 3.34. The van der Waals surface area contributed by atoms with Crippen molar-refractivity contribution in [2.45, 2.75) is 19.3 Å².